The van der Waals surface area contributed by atoms with Gasteiger partial charge in [-0.15, -0.1) is 0 Å². The number of nitrogens with zero attached hydrogens (tertiary/aromatic N) is 3. The molecule has 1 aliphatic rings. The van der Waals surface area contributed by atoms with Gasteiger partial charge in [-0.2, -0.15) is 0 Å². The van der Waals surface area contributed by atoms with Gasteiger partial charge in [0, 0.05) is 48.9 Å². The summed E-state index contributed by atoms with van der Waals surface area (Å²) in [7, 11) is 1.60. The van der Waals surface area contributed by atoms with Crippen molar-refractivity contribution in [3.8, 4) is 22.8 Å². The molecule has 3 heterocycles. The van der Waals surface area contributed by atoms with Crippen LogP contribution in [0.3, 0.4) is 0 Å². The van der Waals surface area contributed by atoms with Gasteiger partial charge >= 0.3 is 0 Å². The highest BCUT2D eigenvalue weighted by Crippen LogP contribution is 2.39. The molecule has 0 saturated carbocycles. The van der Waals surface area contributed by atoms with Crippen LogP contribution in [0.15, 0.2) is 67.0 Å². The van der Waals surface area contributed by atoms with E-state index in [1.165, 1.54) is 0 Å². The molecule has 4 aromatic rings. The maximum Gasteiger partial charge on any atom is 0.141 e. The zero-order valence-corrected chi connectivity index (χ0v) is 18.6. The number of hydrogen-bond acceptors (Lipinski definition) is 5. The van der Waals surface area contributed by atoms with Crippen LogP contribution in [-0.4, -0.2) is 42.8 Å². The van der Waals surface area contributed by atoms with Crippen LogP contribution in [0, 0.1) is 0 Å². The molecular weight excluding hydrogens is 426 g/mol. The zero-order valence-electron chi connectivity index (χ0n) is 17.8. The second kappa shape index (κ2) is 9.10. The predicted molar refractivity (Wildman–Crippen MR) is 126 cm³/mol. The first kappa shape index (κ1) is 20.7. The monoisotopic (exact) mass is 449 g/mol. The molecule has 7 heteroatoms. The van der Waals surface area contributed by atoms with Gasteiger partial charge in [0.25, 0.3) is 0 Å². The van der Waals surface area contributed by atoms with Gasteiger partial charge in [-0.1, -0.05) is 41.9 Å². The third-order valence-electron chi connectivity index (χ3n) is 5.59. The topological polar surface area (TPSA) is 48.2 Å². The minimum atomic E-state index is 0.438. The number of morpholine rings is 1. The number of rotatable bonds is 6. The van der Waals surface area contributed by atoms with Gasteiger partial charge in [-0.3, -0.25) is 0 Å². The molecule has 0 radical (unpaired) electrons. The Bertz CT molecular complexity index is 1220. The molecule has 1 aliphatic heterocycles. The van der Waals surface area contributed by atoms with Crippen LogP contribution in [0.5, 0.6) is 11.5 Å². The largest absolute Gasteiger partial charge is 0.495 e. The molecule has 0 bridgehead atoms. The number of aromatic nitrogens is 2. The van der Waals surface area contributed by atoms with E-state index in [4.69, 9.17) is 30.8 Å². The summed E-state index contributed by atoms with van der Waals surface area (Å²) < 4.78 is 19.1. The average Bonchev–Trinajstić information content (AvgIpc) is 3.27. The Labute approximate surface area is 191 Å². The van der Waals surface area contributed by atoms with E-state index in [1.54, 1.807) is 7.11 Å². The highest BCUT2D eigenvalue weighted by molar-refractivity contribution is 6.32. The number of imidazole rings is 1. The molecule has 164 valence electrons. The molecule has 6 nitrogen and oxygen atoms in total. The molecule has 2 aromatic carbocycles. The summed E-state index contributed by atoms with van der Waals surface area (Å²) in [5, 5.41) is 0.514. The molecule has 0 N–H and O–H groups in total. The Hall–Kier alpha value is -3.22. The summed E-state index contributed by atoms with van der Waals surface area (Å²) in [6.45, 7) is 3.70. The first-order valence-electron chi connectivity index (χ1n) is 10.6. The van der Waals surface area contributed by atoms with Crippen molar-refractivity contribution in [1.29, 1.82) is 0 Å². The summed E-state index contributed by atoms with van der Waals surface area (Å²) in [5.41, 5.74) is 4.70. The second-order valence-electron chi connectivity index (χ2n) is 7.63. The Morgan fingerprint density at radius 1 is 1.03 bits per heavy atom. The second-order valence-corrected chi connectivity index (χ2v) is 8.04. The van der Waals surface area contributed by atoms with Crippen molar-refractivity contribution in [2.45, 2.75) is 6.61 Å². The normalized spacial score (nSPS) is 14.0. The molecule has 2 aromatic heterocycles. The number of methoxy groups -OCH3 is 1. The van der Waals surface area contributed by atoms with Crippen molar-refractivity contribution in [3.63, 3.8) is 0 Å². The fourth-order valence-corrected chi connectivity index (χ4v) is 4.11. The quantitative estimate of drug-likeness (QED) is 0.411. The summed E-state index contributed by atoms with van der Waals surface area (Å²) >= 11 is 6.46. The molecule has 0 spiro atoms. The molecule has 5 rings (SSSR count). The number of benzene rings is 2. The molecular formula is C25H24ClN3O3. The molecule has 0 atom stereocenters. The number of anilines is 1. The van der Waals surface area contributed by atoms with Gasteiger partial charge in [0.2, 0.25) is 0 Å². The smallest absolute Gasteiger partial charge is 0.141 e. The van der Waals surface area contributed by atoms with E-state index in [-0.39, 0.29) is 0 Å². The first-order valence-corrected chi connectivity index (χ1v) is 10.9. The number of ether oxygens (including phenoxy) is 3. The van der Waals surface area contributed by atoms with Crippen LogP contribution in [0.4, 0.5) is 5.69 Å². The summed E-state index contributed by atoms with van der Waals surface area (Å²) in [6.07, 6.45) is 4.03. The fraction of sp³-hybridized carbons (Fsp3) is 0.240. The van der Waals surface area contributed by atoms with Crippen molar-refractivity contribution in [3.05, 3.63) is 77.6 Å². The highest BCUT2D eigenvalue weighted by atomic mass is 35.5. The van der Waals surface area contributed by atoms with Crippen LogP contribution in [0.25, 0.3) is 16.9 Å². The first-order chi connectivity index (χ1) is 15.7. The van der Waals surface area contributed by atoms with Gasteiger partial charge in [0.1, 0.15) is 23.8 Å². The van der Waals surface area contributed by atoms with Gasteiger partial charge in [0.15, 0.2) is 0 Å². The Kier molecular flexibility index (Phi) is 5.88. The molecule has 1 saturated heterocycles. The Morgan fingerprint density at radius 3 is 2.62 bits per heavy atom. The predicted octanol–water partition coefficient (Wildman–Crippen LogP) is 5.08. The van der Waals surface area contributed by atoms with E-state index in [1.807, 2.05) is 59.3 Å². The fourth-order valence-electron chi connectivity index (χ4n) is 3.87. The van der Waals surface area contributed by atoms with E-state index in [2.05, 4.69) is 17.0 Å². The molecule has 0 unspecified atom stereocenters. The highest BCUT2D eigenvalue weighted by Gasteiger charge is 2.17. The minimum absolute atomic E-state index is 0.438. The lowest BCUT2D eigenvalue weighted by atomic mass is 10.1. The van der Waals surface area contributed by atoms with E-state index in [0.29, 0.717) is 23.1 Å². The van der Waals surface area contributed by atoms with Crippen molar-refractivity contribution in [2.75, 3.05) is 38.3 Å². The standard InChI is InChI=1S/C25H24ClN3O3/c1-30-24-15-23(32-17-18-5-3-2-4-6-18)20(14-21(24)26)22-16-29-8-7-19(13-25(29)27-22)28-9-11-31-12-10-28/h2-8,13-16H,9-12,17H2,1H3. The van der Waals surface area contributed by atoms with Gasteiger partial charge in [0.05, 0.1) is 31.0 Å². The lowest BCUT2D eigenvalue weighted by Crippen LogP contribution is -2.36. The molecule has 32 heavy (non-hydrogen) atoms. The average molecular weight is 450 g/mol. The number of halogens is 1. The molecule has 1 fully saturated rings. The maximum absolute atomic E-state index is 6.46. The van der Waals surface area contributed by atoms with Crippen LogP contribution < -0.4 is 14.4 Å². The summed E-state index contributed by atoms with van der Waals surface area (Å²) in [5.74, 6) is 1.24. The van der Waals surface area contributed by atoms with E-state index in [0.717, 1.165) is 54.5 Å². The number of pyridine rings is 1. The van der Waals surface area contributed by atoms with Crippen LogP contribution >= 0.6 is 11.6 Å². The Morgan fingerprint density at radius 2 is 1.84 bits per heavy atom. The van der Waals surface area contributed by atoms with Crippen LogP contribution in [-0.2, 0) is 11.3 Å². The number of fused-ring (bicyclic) bond motifs is 1. The van der Waals surface area contributed by atoms with Crippen molar-refractivity contribution >= 4 is 22.9 Å². The summed E-state index contributed by atoms with van der Waals surface area (Å²) in [4.78, 5) is 7.19. The van der Waals surface area contributed by atoms with Gasteiger partial charge in [-0.25, -0.2) is 4.98 Å². The third-order valence-corrected chi connectivity index (χ3v) is 5.88. The minimum Gasteiger partial charge on any atom is -0.495 e. The molecule has 0 amide bonds. The molecule has 0 aliphatic carbocycles. The maximum atomic E-state index is 6.46. The van der Waals surface area contributed by atoms with E-state index < -0.39 is 0 Å². The summed E-state index contributed by atoms with van der Waals surface area (Å²) in [6, 6.07) is 17.9. The zero-order chi connectivity index (χ0) is 21.9. The van der Waals surface area contributed by atoms with Crippen LogP contribution in [0.2, 0.25) is 5.02 Å². The Balaban J connectivity index is 1.50. The van der Waals surface area contributed by atoms with Gasteiger partial charge in [-0.05, 0) is 17.7 Å². The van der Waals surface area contributed by atoms with Crippen molar-refractivity contribution in [2.24, 2.45) is 0 Å². The lowest BCUT2D eigenvalue weighted by Gasteiger charge is -2.28. The van der Waals surface area contributed by atoms with Crippen molar-refractivity contribution in [1.82, 2.24) is 9.38 Å². The third kappa shape index (κ3) is 4.24. The lowest BCUT2D eigenvalue weighted by molar-refractivity contribution is 0.122. The van der Waals surface area contributed by atoms with Crippen molar-refractivity contribution < 1.29 is 14.2 Å². The van der Waals surface area contributed by atoms with Gasteiger partial charge < -0.3 is 23.5 Å². The van der Waals surface area contributed by atoms with E-state index >= 15 is 0 Å². The van der Waals surface area contributed by atoms with E-state index in [9.17, 15) is 0 Å². The SMILES string of the molecule is COc1cc(OCc2ccccc2)c(-c2cn3ccc(N4CCOCC4)cc3n2)cc1Cl. The number of hydrogen-bond donors (Lipinski definition) is 0. The van der Waals surface area contributed by atoms with Crippen LogP contribution in [0.1, 0.15) is 5.56 Å².